The zero-order chi connectivity index (χ0) is 16.7. The molecule has 0 radical (unpaired) electrons. The van der Waals surface area contributed by atoms with Crippen LogP contribution < -0.4 is 9.26 Å². The van der Waals surface area contributed by atoms with Crippen LogP contribution in [0.5, 0.6) is 11.5 Å². The van der Waals surface area contributed by atoms with Gasteiger partial charge in [-0.1, -0.05) is 6.92 Å². The minimum atomic E-state index is -2.84. The van der Waals surface area contributed by atoms with E-state index in [0.717, 1.165) is 0 Å². The fraction of sp³-hybridized carbons (Fsp3) is 0.571. The highest BCUT2D eigenvalue weighted by Crippen LogP contribution is 2.53. The summed E-state index contributed by atoms with van der Waals surface area (Å²) in [7, 11) is 0. The molecule has 0 aliphatic carbocycles. The summed E-state index contributed by atoms with van der Waals surface area (Å²) in [4.78, 5) is 0. The lowest BCUT2D eigenvalue weighted by Gasteiger charge is -2.22. The summed E-state index contributed by atoms with van der Waals surface area (Å²) in [6.45, 7) is 4.28. The molecule has 3 nitrogen and oxygen atoms in total. The van der Waals surface area contributed by atoms with Crippen molar-refractivity contribution in [3.63, 3.8) is 0 Å². The van der Waals surface area contributed by atoms with E-state index in [0.29, 0.717) is 13.0 Å². The van der Waals surface area contributed by atoms with Crippen molar-refractivity contribution >= 4 is 18.3 Å². The summed E-state index contributed by atoms with van der Waals surface area (Å²) in [6, 6.07) is 0. The third-order valence-electron chi connectivity index (χ3n) is 3.10. The highest BCUT2D eigenvalue weighted by atomic mass is 32.5. The first-order valence-electron chi connectivity index (χ1n) is 6.88. The lowest BCUT2D eigenvalue weighted by atomic mass is 10.0. The molecule has 1 unspecified atom stereocenters. The number of halogens is 3. The van der Waals surface area contributed by atoms with Crippen LogP contribution >= 0.6 is 6.49 Å². The summed E-state index contributed by atoms with van der Waals surface area (Å²) >= 11 is 5.18. The van der Waals surface area contributed by atoms with Gasteiger partial charge in [-0.05, 0) is 32.1 Å². The summed E-state index contributed by atoms with van der Waals surface area (Å²) in [6.07, 6.45) is 0.821. The fourth-order valence-corrected chi connectivity index (χ4v) is 3.71. The summed E-state index contributed by atoms with van der Waals surface area (Å²) in [5.41, 5.74) is -0.813. The van der Waals surface area contributed by atoms with E-state index in [1.165, 1.54) is 6.66 Å². The van der Waals surface area contributed by atoms with Gasteiger partial charge in [-0.25, -0.2) is 8.78 Å². The normalized spacial score (nSPS) is 18.5. The minimum Gasteiger partial charge on any atom is -0.483 e. The second kappa shape index (κ2) is 6.02. The maximum atomic E-state index is 14.1. The average molecular weight is 354 g/mol. The molecule has 0 saturated carbocycles. The molecule has 2 rings (SSSR count). The smallest absolute Gasteiger partial charge is 0.235 e. The molecule has 0 saturated heterocycles. The van der Waals surface area contributed by atoms with Crippen LogP contribution in [0.25, 0.3) is 0 Å². The van der Waals surface area contributed by atoms with E-state index in [1.54, 1.807) is 13.8 Å². The minimum absolute atomic E-state index is 0.0376. The Labute approximate surface area is 132 Å². The van der Waals surface area contributed by atoms with Crippen LogP contribution in [0.4, 0.5) is 13.2 Å². The van der Waals surface area contributed by atoms with Gasteiger partial charge < -0.3 is 13.8 Å². The van der Waals surface area contributed by atoms with Crippen molar-refractivity contribution in [2.75, 3.05) is 13.3 Å². The zero-order valence-electron chi connectivity index (χ0n) is 12.8. The van der Waals surface area contributed by atoms with Crippen LogP contribution in [0.2, 0.25) is 0 Å². The predicted octanol–water partition coefficient (Wildman–Crippen LogP) is 4.56. The summed E-state index contributed by atoms with van der Waals surface area (Å²) in [5, 5.41) is 0. The Morgan fingerprint density at radius 1 is 1.23 bits per heavy atom. The van der Waals surface area contributed by atoms with E-state index in [-0.39, 0.29) is 17.7 Å². The van der Waals surface area contributed by atoms with Gasteiger partial charge in [0.1, 0.15) is 5.60 Å². The van der Waals surface area contributed by atoms with Crippen molar-refractivity contribution in [3.05, 3.63) is 23.0 Å². The van der Waals surface area contributed by atoms with Crippen LogP contribution in [0.1, 0.15) is 32.8 Å². The molecule has 0 N–H and O–H groups in total. The van der Waals surface area contributed by atoms with Gasteiger partial charge in [0.25, 0.3) is 0 Å². The van der Waals surface area contributed by atoms with Gasteiger partial charge in [0, 0.05) is 18.6 Å². The zero-order valence-corrected chi connectivity index (χ0v) is 14.5. The van der Waals surface area contributed by atoms with E-state index < -0.39 is 35.3 Å². The molecule has 1 heterocycles. The summed E-state index contributed by atoms with van der Waals surface area (Å²) < 4.78 is 58.1. The Kier molecular flexibility index (Phi) is 4.81. The molecule has 124 valence electrons. The largest absolute Gasteiger partial charge is 0.483 e. The van der Waals surface area contributed by atoms with Gasteiger partial charge in [-0.15, -0.1) is 0 Å². The van der Waals surface area contributed by atoms with Gasteiger partial charge in [0.2, 0.25) is 18.1 Å². The van der Waals surface area contributed by atoms with Gasteiger partial charge in [-0.3, -0.25) is 0 Å². The molecule has 1 aliphatic rings. The lowest BCUT2D eigenvalue weighted by molar-refractivity contribution is 0.135. The first-order chi connectivity index (χ1) is 10.1. The molecule has 0 amide bonds. The quantitative estimate of drug-likeness (QED) is 0.572. The van der Waals surface area contributed by atoms with E-state index >= 15 is 0 Å². The molecule has 0 aromatic heterocycles. The maximum Gasteiger partial charge on any atom is 0.235 e. The molecule has 0 fully saturated rings. The first-order valence-corrected chi connectivity index (χ1v) is 9.96. The molecular weight excluding hydrogens is 336 g/mol. The molecule has 1 aliphatic heterocycles. The van der Waals surface area contributed by atoms with Crippen LogP contribution in [0, 0.1) is 17.5 Å². The summed E-state index contributed by atoms with van der Waals surface area (Å²) in [5.74, 6) is -4.89. The van der Waals surface area contributed by atoms with E-state index in [1.807, 2.05) is 6.92 Å². The number of benzene rings is 1. The van der Waals surface area contributed by atoms with Gasteiger partial charge in [0.05, 0.1) is 6.61 Å². The molecule has 1 aromatic carbocycles. The third kappa shape index (κ3) is 3.42. The van der Waals surface area contributed by atoms with Crippen LogP contribution in [0.3, 0.4) is 0 Å². The third-order valence-corrected chi connectivity index (χ3v) is 4.80. The van der Waals surface area contributed by atoms with Crippen molar-refractivity contribution in [1.29, 1.82) is 0 Å². The number of hydrogen-bond donors (Lipinski definition) is 0. The molecule has 1 aromatic rings. The molecule has 0 spiro atoms. The second-order valence-corrected chi connectivity index (χ2v) is 9.79. The standard InChI is InChI=1S/C14H18F3O3PS/c1-5-6-18-21(4,22)20-13-11(17)10(16)9(15)8-7-14(2,3)19-12(8)13/h5-7H2,1-4H3. The number of rotatable bonds is 5. The Balaban J connectivity index is 2.47. The van der Waals surface area contributed by atoms with Crippen LogP contribution in [0.15, 0.2) is 0 Å². The number of hydrogen-bond acceptors (Lipinski definition) is 4. The van der Waals surface area contributed by atoms with Crippen molar-refractivity contribution in [2.24, 2.45) is 0 Å². The average Bonchev–Trinajstić information content (AvgIpc) is 2.75. The topological polar surface area (TPSA) is 27.7 Å². The molecule has 22 heavy (non-hydrogen) atoms. The number of ether oxygens (including phenoxy) is 1. The Bertz CT molecular complexity index is 649. The second-order valence-electron chi connectivity index (χ2n) is 5.81. The highest BCUT2D eigenvalue weighted by molar-refractivity contribution is 8.09. The van der Waals surface area contributed by atoms with Crippen molar-refractivity contribution in [3.8, 4) is 11.5 Å². The van der Waals surface area contributed by atoms with E-state index in [4.69, 9.17) is 25.6 Å². The molecule has 8 heteroatoms. The highest BCUT2D eigenvalue weighted by Gasteiger charge is 2.40. The Morgan fingerprint density at radius 3 is 2.45 bits per heavy atom. The van der Waals surface area contributed by atoms with Gasteiger partial charge in [0.15, 0.2) is 17.4 Å². The van der Waals surface area contributed by atoms with Crippen LogP contribution in [-0.2, 0) is 22.8 Å². The van der Waals surface area contributed by atoms with Crippen molar-refractivity contribution in [1.82, 2.24) is 0 Å². The van der Waals surface area contributed by atoms with E-state index in [9.17, 15) is 13.2 Å². The lowest BCUT2D eigenvalue weighted by Crippen LogP contribution is -2.24. The SMILES string of the molecule is CCCOP(C)(=S)Oc1c(F)c(F)c(F)c2c1OC(C)(C)C2. The Morgan fingerprint density at radius 2 is 1.86 bits per heavy atom. The fourth-order valence-electron chi connectivity index (χ4n) is 2.20. The predicted molar refractivity (Wildman–Crippen MR) is 81.8 cm³/mol. The van der Waals surface area contributed by atoms with Gasteiger partial charge in [-0.2, -0.15) is 4.39 Å². The maximum absolute atomic E-state index is 14.1. The number of fused-ring (bicyclic) bond motifs is 1. The van der Waals surface area contributed by atoms with E-state index in [2.05, 4.69) is 0 Å². The molecule has 0 bridgehead atoms. The Hall–Kier alpha value is -0.780. The molecular formula is C14H18F3O3PS. The van der Waals surface area contributed by atoms with Crippen molar-refractivity contribution in [2.45, 2.75) is 39.2 Å². The van der Waals surface area contributed by atoms with Crippen LogP contribution in [-0.4, -0.2) is 18.9 Å². The first kappa shape index (κ1) is 17.6. The monoisotopic (exact) mass is 354 g/mol. The molecule has 1 atom stereocenters. The van der Waals surface area contributed by atoms with Crippen molar-refractivity contribution < 1.29 is 27.0 Å². The van der Waals surface area contributed by atoms with Gasteiger partial charge >= 0.3 is 0 Å².